The van der Waals surface area contributed by atoms with E-state index < -0.39 is 0 Å². The van der Waals surface area contributed by atoms with Crippen molar-refractivity contribution >= 4 is 5.91 Å². The molecular formula is C9H14N2O. The molecule has 0 radical (unpaired) electrons. The molecule has 12 heavy (non-hydrogen) atoms. The van der Waals surface area contributed by atoms with Gasteiger partial charge in [0.05, 0.1) is 5.69 Å². The Balaban J connectivity index is 3.09. The summed E-state index contributed by atoms with van der Waals surface area (Å²) >= 11 is 0. The molecule has 0 aliphatic heterocycles. The van der Waals surface area contributed by atoms with Gasteiger partial charge in [0.25, 0.3) is 0 Å². The van der Waals surface area contributed by atoms with Crippen LogP contribution in [-0.4, -0.2) is 15.7 Å². The van der Waals surface area contributed by atoms with Gasteiger partial charge in [0, 0.05) is 12.6 Å². The molecule has 0 amide bonds. The van der Waals surface area contributed by atoms with Crippen LogP contribution in [0.3, 0.4) is 0 Å². The van der Waals surface area contributed by atoms with Gasteiger partial charge in [-0.15, -0.1) is 0 Å². The maximum atomic E-state index is 11.0. The van der Waals surface area contributed by atoms with Gasteiger partial charge in [-0.1, -0.05) is 13.8 Å². The third-order valence-electron chi connectivity index (χ3n) is 1.80. The first-order valence-electron chi connectivity index (χ1n) is 4.10. The van der Waals surface area contributed by atoms with Gasteiger partial charge in [0.1, 0.15) is 0 Å². The van der Waals surface area contributed by atoms with E-state index in [1.807, 2.05) is 13.0 Å². The molecule has 0 saturated carbocycles. The fourth-order valence-corrected chi connectivity index (χ4v) is 1.10. The van der Waals surface area contributed by atoms with Gasteiger partial charge < -0.3 is 0 Å². The van der Waals surface area contributed by atoms with E-state index in [9.17, 15) is 4.79 Å². The Bertz CT molecular complexity index is 299. The van der Waals surface area contributed by atoms with E-state index in [1.54, 1.807) is 0 Å². The summed E-state index contributed by atoms with van der Waals surface area (Å²) in [5, 5.41) is 4.18. The van der Waals surface area contributed by atoms with Gasteiger partial charge in [-0.3, -0.25) is 4.79 Å². The van der Waals surface area contributed by atoms with Crippen LogP contribution in [0.5, 0.6) is 0 Å². The quantitative estimate of drug-likeness (QED) is 0.639. The highest BCUT2D eigenvalue weighted by molar-refractivity contribution is 5.75. The van der Waals surface area contributed by atoms with Crippen molar-refractivity contribution in [3.8, 4) is 0 Å². The zero-order chi connectivity index (χ0) is 9.30. The predicted molar refractivity (Wildman–Crippen MR) is 47.4 cm³/mol. The van der Waals surface area contributed by atoms with Crippen molar-refractivity contribution in [1.29, 1.82) is 0 Å². The highest BCUT2D eigenvalue weighted by Crippen LogP contribution is 2.13. The lowest BCUT2D eigenvalue weighted by Gasteiger charge is -1.97. The summed E-state index contributed by atoms with van der Waals surface area (Å²) in [6.07, 6.45) is 0. The molecule has 0 aromatic carbocycles. The molecule has 1 aromatic heterocycles. The zero-order valence-electron chi connectivity index (χ0n) is 7.96. The van der Waals surface area contributed by atoms with Gasteiger partial charge >= 0.3 is 0 Å². The number of carbonyl (C=O) groups excluding carboxylic acids is 1. The fourth-order valence-electron chi connectivity index (χ4n) is 1.10. The van der Waals surface area contributed by atoms with Crippen LogP contribution in [-0.2, 0) is 0 Å². The van der Waals surface area contributed by atoms with Gasteiger partial charge in [0.15, 0.2) is 0 Å². The summed E-state index contributed by atoms with van der Waals surface area (Å²) in [6, 6.07) is 1.95. The van der Waals surface area contributed by atoms with E-state index in [2.05, 4.69) is 18.9 Å². The highest BCUT2D eigenvalue weighted by atomic mass is 16.2. The van der Waals surface area contributed by atoms with Crippen molar-refractivity contribution in [2.75, 3.05) is 0 Å². The van der Waals surface area contributed by atoms with Gasteiger partial charge in [-0.25, -0.2) is 4.68 Å². The van der Waals surface area contributed by atoms with Crippen LogP contribution in [0, 0.1) is 6.92 Å². The first-order valence-corrected chi connectivity index (χ1v) is 4.10. The molecule has 0 aliphatic carbocycles. The monoisotopic (exact) mass is 166 g/mol. The molecule has 0 unspecified atom stereocenters. The van der Waals surface area contributed by atoms with Crippen molar-refractivity contribution in [2.24, 2.45) is 0 Å². The molecule has 0 spiro atoms. The second kappa shape index (κ2) is 3.09. The maximum absolute atomic E-state index is 11.0. The standard InChI is InChI=1S/C9H14N2O/c1-6(2)9-5-7(3)11(10-9)8(4)12/h5-6H,1-4H3. The molecular weight excluding hydrogens is 152 g/mol. The van der Waals surface area contributed by atoms with Crippen molar-refractivity contribution in [1.82, 2.24) is 9.78 Å². The summed E-state index contributed by atoms with van der Waals surface area (Å²) in [5.41, 5.74) is 1.88. The first-order chi connectivity index (χ1) is 5.52. The lowest BCUT2D eigenvalue weighted by Crippen LogP contribution is -2.09. The van der Waals surface area contributed by atoms with Gasteiger partial charge in [0.2, 0.25) is 5.91 Å². The van der Waals surface area contributed by atoms with E-state index in [0.717, 1.165) is 11.4 Å². The molecule has 3 nitrogen and oxygen atoms in total. The van der Waals surface area contributed by atoms with Crippen molar-refractivity contribution < 1.29 is 4.79 Å². The number of nitrogens with zero attached hydrogens (tertiary/aromatic N) is 2. The van der Waals surface area contributed by atoms with E-state index in [-0.39, 0.29) is 5.91 Å². The Morgan fingerprint density at radius 3 is 2.42 bits per heavy atom. The Labute approximate surface area is 72.4 Å². The first kappa shape index (κ1) is 8.97. The summed E-state index contributed by atoms with van der Waals surface area (Å²) in [5.74, 6) is 0.351. The van der Waals surface area contributed by atoms with Crippen molar-refractivity contribution in [3.05, 3.63) is 17.5 Å². The van der Waals surface area contributed by atoms with Crippen LogP contribution in [0.15, 0.2) is 6.07 Å². The Kier molecular flexibility index (Phi) is 2.31. The number of aryl methyl sites for hydroxylation is 1. The number of hydrogen-bond donors (Lipinski definition) is 0. The SMILES string of the molecule is CC(=O)n1nc(C(C)C)cc1C. The topological polar surface area (TPSA) is 34.9 Å². The minimum Gasteiger partial charge on any atom is -0.273 e. The molecule has 0 saturated heterocycles. The Morgan fingerprint density at radius 2 is 2.17 bits per heavy atom. The van der Waals surface area contributed by atoms with Crippen LogP contribution >= 0.6 is 0 Å². The summed E-state index contributed by atoms with van der Waals surface area (Å²) in [6.45, 7) is 7.53. The number of aromatic nitrogens is 2. The van der Waals surface area contributed by atoms with E-state index in [0.29, 0.717) is 5.92 Å². The second-order valence-corrected chi connectivity index (χ2v) is 3.30. The number of hydrogen-bond acceptors (Lipinski definition) is 2. The average molecular weight is 166 g/mol. The summed E-state index contributed by atoms with van der Waals surface area (Å²) in [7, 11) is 0. The van der Waals surface area contributed by atoms with Crippen LogP contribution in [0.2, 0.25) is 0 Å². The number of rotatable bonds is 1. The van der Waals surface area contributed by atoms with Gasteiger partial charge in [-0.05, 0) is 18.9 Å². The van der Waals surface area contributed by atoms with E-state index in [1.165, 1.54) is 11.6 Å². The highest BCUT2D eigenvalue weighted by Gasteiger charge is 2.09. The van der Waals surface area contributed by atoms with Crippen LogP contribution < -0.4 is 0 Å². The predicted octanol–water partition coefficient (Wildman–Crippen LogP) is 1.98. The van der Waals surface area contributed by atoms with Crippen molar-refractivity contribution in [3.63, 3.8) is 0 Å². The smallest absolute Gasteiger partial charge is 0.243 e. The summed E-state index contributed by atoms with van der Waals surface area (Å²) in [4.78, 5) is 11.0. The molecule has 1 heterocycles. The van der Waals surface area contributed by atoms with E-state index in [4.69, 9.17) is 0 Å². The zero-order valence-corrected chi connectivity index (χ0v) is 7.96. The van der Waals surface area contributed by atoms with Crippen molar-refractivity contribution in [2.45, 2.75) is 33.6 Å². The molecule has 0 fully saturated rings. The Morgan fingerprint density at radius 1 is 1.58 bits per heavy atom. The molecule has 0 aliphatic rings. The summed E-state index contributed by atoms with van der Waals surface area (Å²) < 4.78 is 1.44. The number of carbonyl (C=O) groups is 1. The normalized spacial score (nSPS) is 10.8. The largest absolute Gasteiger partial charge is 0.273 e. The van der Waals surface area contributed by atoms with Crippen LogP contribution in [0.25, 0.3) is 0 Å². The third-order valence-corrected chi connectivity index (χ3v) is 1.80. The lowest BCUT2D eigenvalue weighted by atomic mass is 10.1. The molecule has 0 atom stereocenters. The Hall–Kier alpha value is -1.12. The fraction of sp³-hybridized carbons (Fsp3) is 0.556. The minimum atomic E-state index is -0.0283. The lowest BCUT2D eigenvalue weighted by molar-refractivity contribution is 0.0918. The average Bonchev–Trinajstić information content (AvgIpc) is 2.30. The van der Waals surface area contributed by atoms with Crippen LogP contribution in [0.4, 0.5) is 0 Å². The molecule has 3 heteroatoms. The van der Waals surface area contributed by atoms with Gasteiger partial charge in [-0.2, -0.15) is 5.10 Å². The molecule has 0 bridgehead atoms. The second-order valence-electron chi connectivity index (χ2n) is 3.30. The maximum Gasteiger partial charge on any atom is 0.243 e. The molecule has 1 rings (SSSR count). The molecule has 1 aromatic rings. The molecule has 66 valence electrons. The molecule has 0 N–H and O–H groups in total. The minimum absolute atomic E-state index is 0.0283. The van der Waals surface area contributed by atoms with Crippen LogP contribution in [0.1, 0.15) is 42.9 Å². The van der Waals surface area contributed by atoms with E-state index >= 15 is 0 Å². The third kappa shape index (κ3) is 1.55.